The fourth-order valence-corrected chi connectivity index (χ4v) is 4.21. The summed E-state index contributed by atoms with van der Waals surface area (Å²) in [5.41, 5.74) is 2.78. The van der Waals surface area contributed by atoms with Gasteiger partial charge in [0.1, 0.15) is 0 Å². The fourth-order valence-electron chi connectivity index (χ4n) is 3.37. The van der Waals surface area contributed by atoms with Crippen molar-refractivity contribution in [2.45, 2.75) is 29.6 Å². The Morgan fingerprint density at radius 2 is 1.27 bits per heavy atom. The van der Waals surface area contributed by atoms with Gasteiger partial charge in [-0.1, -0.05) is 86.3 Å². The Hall–Kier alpha value is -2.03. The highest BCUT2D eigenvalue weighted by Gasteiger charge is 2.21. The predicted molar refractivity (Wildman–Crippen MR) is 113 cm³/mol. The number of hydrogen-bond donors (Lipinski definition) is 1. The molecule has 2 heteroatoms. The van der Waals surface area contributed by atoms with Crippen LogP contribution in [0, 0.1) is 5.92 Å². The van der Waals surface area contributed by atoms with Crippen LogP contribution in [-0.4, -0.2) is 13.1 Å². The Morgan fingerprint density at radius 1 is 0.731 bits per heavy atom. The van der Waals surface area contributed by atoms with E-state index in [1.54, 1.807) is 0 Å². The van der Waals surface area contributed by atoms with E-state index in [1.165, 1.54) is 20.9 Å². The van der Waals surface area contributed by atoms with E-state index in [0.717, 1.165) is 13.1 Å². The topological polar surface area (TPSA) is 12.0 Å². The molecule has 0 saturated carbocycles. The van der Waals surface area contributed by atoms with Gasteiger partial charge in [0, 0.05) is 15.7 Å². The average molecular weight is 362 g/mol. The summed E-state index contributed by atoms with van der Waals surface area (Å²) < 4.78 is 0. The van der Waals surface area contributed by atoms with Crippen LogP contribution >= 0.6 is 11.8 Å². The summed E-state index contributed by atoms with van der Waals surface area (Å²) >= 11 is 1.81. The third-order valence-electron chi connectivity index (χ3n) is 4.66. The third kappa shape index (κ3) is 5.00. The maximum Gasteiger partial charge on any atom is 0.0127 e. The maximum absolute atomic E-state index is 3.51. The zero-order chi connectivity index (χ0) is 18.2. The summed E-state index contributed by atoms with van der Waals surface area (Å²) in [6.45, 7) is 6.54. The highest BCUT2D eigenvalue weighted by atomic mass is 32.2. The number of hydrogen-bond acceptors (Lipinski definition) is 2. The van der Waals surface area contributed by atoms with E-state index < -0.39 is 0 Å². The maximum atomic E-state index is 3.51. The summed E-state index contributed by atoms with van der Waals surface area (Å²) in [5.74, 6) is 0.941. The second kappa shape index (κ2) is 9.61. The molecule has 134 valence electrons. The van der Waals surface area contributed by atoms with Gasteiger partial charge < -0.3 is 5.32 Å². The molecule has 0 spiro atoms. The van der Waals surface area contributed by atoms with Crippen LogP contribution in [0.4, 0.5) is 0 Å². The van der Waals surface area contributed by atoms with Gasteiger partial charge in [0.25, 0.3) is 0 Å². The molecule has 3 aromatic carbocycles. The highest BCUT2D eigenvalue weighted by Crippen LogP contribution is 2.34. The van der Waals surface area contributed by atoms with Crippen molar-refractivity contribution in [1.29, 1.82) is 0 Å². The molecule has 3 rings (SSSR count). The Bertz CT molecular complexity index is 768. The molecule has 0 heterocycles. The smallest absolute Gasteiger partial charge is 0.0127 e. The van der Waals surface area contributed by atoms with E-state index in [4.69, 9.17) is 0 Å². The summed E-state index contributed by atoms with van der Waals surface area (Å²) in [6, 6.07) is 30.5. The Balaban J connectivity index is 1.82. The molecule has 0 saturated heterocycles. The summed E-state index contributed by atoms with van der Waals surface area (Å²) in [7, 11) is 0. The number of benzene rings is 3. The van der Waals surface area contributed by atoms with Gasteiger partial charge in [0.05, 0.1) is 0 Å². The van der Waals surface area contributed by atoms with Gasteiger partial charge in [-0.2, -0.15) is 0 Å². The van der Waals surface area contributed by atoms with E-state index in [9.17, 15) is 0 Å². The Kier molecular flexibility index (Phi) is 6.93. The molecule has 0 aliphatic rings. The van der Waals surface area contributed by atoms with Crippen LogP contribution in [0.5, 0.6) is 0 Å². The summed E-state index contributed by atoms with van der Waals surface area (Å²) in [5, 5.41) is 3.51. The van der Waals surface area contributed by atoms with Crippen molar-refractivity contribution < 1.29 is 0 Å². The number of rotatable bonds is 8. The van der Waals surface area contributed by atoms with Crippen molar-refractivity contribution in [2.75, 3.05) is 13.1 Å². The first-order valence-corrected chi connectivity index (χ1v) is 10.2. The van der Waals surface area contributed by atoms with Crippen molar-refractivity contribution in [2.24, 2.45) is 5.92 Å². The first kappa shape index (κ1) is 18.8. The Morgan fingerprint density at radius 3 is 1.88 bits per heavy atom. The van der Waals surface area contributed by atoms with Crippen molar-refractivity contribution in [3.8, 4) is 0 Å². The third-order valence-corrected chi connectivity index (χ3v) is 5.68. The molecule has 0 aromatic heterocycles. The molecule has 0 aliphatic heterocycles. The lowest BCUT2D eigenvalue weighted by atomic mass is 9.81. The molecule has 26 heavy (non-hydrogen) atoms. The van der Waals surface area contributed by atoms with Gasteiger partial charge in [-0.25, -0.2) is 0 Å². The van der Waals surface area contributed by atoms with E-state index in [0.29, 0.717) is 11.8 Å². The van der Waals surface area contributed by atoms with E-state index in [2.05, 4.69) is 104 Å². The van der Waals surface area contributed by atoms with Gasteiger partial charge in [-0.05, 0) is 54.4 Å². The minimum absolute atomic E-state index is 0.408. The zero-order valence-corrected chi connectivity index (χ0v) is 16.4. The van der Waals surface area contributed by atoms with Crippen molar-refractivity contribution in [3.05, 3.63) is 96.1 Å². The van der Waals surface area contributed by atoms with Gasteiger partial charge in [-0.3, -0.25) is 0 Å². The van der Waals surface area contributed by atoms with E-state index in [1.807, 2.05) is 11.8 Å². The van der Waals surface area contributed by atoms with Crippen LogP contribution in [-0.2, 0) is 0 Å². The highest BCUT2D eigenvalue weighted by molar-refractivity contribution is 7.99. The molecule has 1 N–H and O–H groups in total. The molecule has 0 aliphatic carbocycles. The van der Waals surface area contributed by atoms with Crippen molar-refractivity contribution in [1.82, 2.24) is 5.32 Å². The van der Waals surface area contributed by atoms with E-state index >= 15 is 0 Å². The molecule has 0 radical (unpaired) electrons. The summed E-state index contributed by atoms with van der Waals surface area (Å²) in [6.07, 6.45) is 0. The molecular weight excluding hydrogens is 334 g/mol. The predicted octanol–water partition coefficient (Wildman–Crippen LogP) is 6.22. The van der Waals surface area contributed by atoms with Gasteiger partial charge in [0.2, 0.25) is 0 Å². The van der Waals surface area contributed by atoms with Crippen molar-refractivity contribution >= 4 is 11.8 Å². The van der Waals surface area contributed by atoms with Gasteiger partial charge in [0.15, 0.2) is 0 Å². The molecule has 0 fully saturated rings. The second-order valence-corrected chi connectivity index (χ2v) is 7.80. The zero-order valence-electron chi connectivity index (χ0n) is 15.6. The van der Waals surface area contributed by atoms with Crippen LogP contribution in [0.1, 0.15) is 30.9 Å². The van der Waals surface area contributed by atoms with Crippen LogP contribution in [0.2, 0.25) is 0 Å². The number of nitrogens with one attached hydrogen (secondary N) is 1. The lowest BCUT2D eigenvalue weighted by molar-refractivity contribution is 0.472. The van der Waals surface area contributed by atoms with E-state index in [-0.39, 0.29) is 0 Å². The molecule has 0 amide bonds. The molecule has 3 aromatic rings. The minimum Gasteiger partial charge on any atom is -0.317 e. The first-order valence-electron chi connectivity index (χ1n) is 9.36. The molecular formula is C24H27NS. The lowest BCUT2D eigenvalue weighted by Gasteiger charge is -2.25. The van der Waals surface area contributed by atoms with Gasteiger partial charge >= 0.3 is 0 Å². The second-order valence-electron chi connectivity index (χ2n) is 6.66. The molecule has 2 unspecified atom stereocenters. The SMILES string of the molecule is CCNCC(C)C(c1ccccc1)c1ccc(Sc2ccccc2)cc1. The van der Waals surface area contributed by atoms with Crippen LogP contribution in [0.25, 0.3) is 0 Å². The van der Waals surface area contributed by atoms with Gasteiger partial charge in [-0.15, -0.1) is 0 Å². The fraction of sp³-hybridized carbons (Fsp3) is 0.250. The standard InChI is InChI=1S/C24H27NS/c1-3-25-18-19(2)24(20-10-6-4-7-11-20)21-14-16-23(17-15-21)26-22-12-8-5-9-13-22/h4-17,19,24-25H,3,18H2,1-2H3. The Labute approximate surface area is 161 Å². The van der Waals surface area contributed by atoms with Crippen LogP contribution in [0.3, 0.4) is 0 Å². The van der Waals surface area contributed by atoms with Crippen LogP contribution < -0.4 is 5.32 Å². The molecule has 2 atom stereocenters. The molecule has 1 nitrogen and oxygen atoms in total. The minimum atomic E-state index is 0.408. The van der Waals surface area contributed by atoms with Crippen molar-refractivity contribution in [3.63, 3.8) is 0 Å². The largest absolute Gasteiger partial charge is 0.317 e. The van der Waals surface area contributed by atoms with Crippen LogP contribution in [0.15, 0.2) is 94.7 Å². The average Bonchev–Trinajstić information content (AvgIpc) is 2.69. The normalized spacial score (nSPS) is 13.3. The lowest BCUT2D eigenvalue weighted by Crippen LogP contribution is -2.25. The molecule has 0 bridgehead atoms. The monoisotopic (exact) mass is 361 g/mol. The summed E-state index contributed by atoms with van der Waals surface area (Å²) in [4.78, 5) is 2.56. The first-order chi connectivity index (χ1) is 12.8. The quantitative estimate of drug-likeness (QED) is 0.511.